The lowest BCUT2D eigenvalue weighted by atomic mass is 10.2. The minimum absolute atomic E-state index is 0.387. The van der Waals surface area contributed by atoms with Gasteiger partial charge < -0.3 is 14.1 Å². The van der Waals surface area contributed by atoms with E-state index in [-0.39, 0.29) is 5.63 Å². The monoisotopic (exact) mass is 353 g/mol. The summed E-state index contributed by atoms with van der Waals surface area (Å²) < 4.78 is 11.5. The molecule has 0 saturated carbocycles. The molecule has 1 aromatic carbocycles. The molecule has 0 fully saturated rings. The largest absolute Gasteiger partial charge is 0.490 e. The number of benzene rings is 1. The molecule has 0 spiro atoms. The Balaban J connectivity index is 2.05. The SMILES string of the molecule is CCN(CC)CCCOc1cccc2cc(Br)c(=O)oc12. The molecule has 0 unspecified atom stereocenters. The van der Waals surface area contributed by atoms with Crippen LogP contribution in [0.2, 0.25) is 0 Å². The molecule has 1 heterocycles. The molecule has 0 radical (unpaired) electrons. The van der Waals surface area contributed by atoms with Crippen LogP contribution in [0.25, 0.3) is 11.0 Å². The molecule has 0 N–H and O–H groups in total. The summed E-state index contributed by atoms with van der Waals surface area (Å²) in [7, 11) is 0. The highest BCUT2D eigenvalue weighted by atomic mass is 79.9. The number of hydrogen-bond donors (Lipinski definition) is 0. The smallest absolute Gasteiger partial charge is 0.350 e. The average molecular weight is 354 g/mol. The third kappa shape index (κ3) is 4.08. The van der Waals surface area contributed by atoms with Gasteiger partial charge in [0.05, 0.1) is 6.61 Å². The van der Waals surface area contributed by atoms with Gasteiger partial charge >= 0.3 is 5.63 Å². The van der Waals surface area contributed by atoms with Crippen molar-refractivity contribution in [1.82, 2.24) is 4.90 Å². The first-order chi connectivity index (χ1) is 10.2. The van der Waals surface area contributed by atoms with Crippen LogP contribution in [0.5, 0.6) is 5.75 Å². The Morgan fingerprint density at radius 2 is 2.05 bits per heavy atom. The Labute approximate surface area is 132 Å². The molecule has 0 atom stereocenters. The Bertz CT molecular complexity index is 650. The second-order valence-electron chi connectivity index (χ2n) is 4.79. The van der Waals surface area contributed by atoms with Gasteiger partial charge in [0.2, 0.25) is 0 Å². The highest BCUT2D eigenvalue weighted by Crippen LogP contribution is 2.26. The predicted molar refractivity (Wildman–Crippen MR) is 88.1 cm³/mol. The van der Waals surface area contributed by atoms with E-state index in [2.05, 4.69) is 34.7 Å². The van der Waals surface area contributed by atoms with Crippen LogP contribution in [0, 0.1) is 0 Å². The van der Waals surface area contributed by atoms with Crippen molar-refractivity contribution in [3.63, 3.8) is 0 Å². The molecule has 114 valence electrons. The van der Waals surface area contributed by atoms with Crippen molar-refractivity contribution >= 4 is 26.9 Å². The quantitative estimate of drug-likeness (QED) is 0.562. The first kappa shape index (κ1) is 16.0. The van der Waals surface area contributed by atoms with Crippen molar-refractivity contribution in [1.29, 1.82) is 0 Å². The van der Waals surface area contributed by atoms with E-state index >= 15 is 0 Å². The topological polar surface area (TPSA) is 42.7 Å². The van der Waals surface area contributed by atoms with Gasteiger partial charge in [0.1, 0.15) is 4.47 Å². The maximum absolute atomic E-state index is 11.6. The third-order valence-electron chi connectivity index (χ3n) is 3.45. The number of fused-ring (bicyclic) bond motifs is 1. The van der Waals surface area contributed by atoms with E-state index in [1.807, 2.05) is 18.2 Å². The first-order valence-corrected chi connectivity index (χ1v) is 8.02. The van der Waals surface area contributed by atoms with Gasteiger partial charge in [-0.15, -0.1) is 0 Å². The van der Waals surface area contributed by atoms with E-state index in [4.69, 9.17) is 9.15 Å². The van der Waals surface area contributed by atoms with E-state index in [0.29, 0.717) is 22.4 Å². The van der Waals surface area contributed by atoms with E-state index in [1.165, 1.54) is 0 Å². The van der Waals surface area contributed by atoms with E-state index in [0.717, 1.165) is 31.4 Å². The Kier molecular flexibility index (Phi) is 5.82. The van der Waals surface area contributed by atoms with Crippen molar-refractivity contribution in [2.45, 2.75) is 20.3 Å². The molecular formula is C16H20BrNO3. The van der Waals surface area contributed by atoms with Crippen LogP contribution in [0.3, 0.4) is 0 Å². The fourth-order valence-corrected chi connectivity index (χ4v) is 2.54. The number of hydrogen-bond acceptors (Lipinski definition) is 4. The Hall–Kier alpha value is -1.33. The Morgan fingerprint density at radius 3 is 2.76 bits per heavy atom. The zero-order valence-corrected chi connectivity index (χ0v) is 14.0. The number of rotatable bonds is 7. The van der Waals surface area contributed by atoms with E-state index in [1.54, 1.807) is 6.07 Å². The molecule has 1 aromatic heterocycles. The maximum atomic E-state index is 11.6. The average Bonchev–Trinajstić information content (AvgIpc) is 2.49. The number of ether oxygens (including phenoxy) is 1. The summed E-state index contributed by atoms with van der Waals surface area (Å²) in [6.07, 6.45) is 0.943. The van der Waals surface area contributed by atoms with Gasteiger partial charge in [0.25, 0.3) is 0 Å². The van der Waals surface area contributed by atoms with Gasteiger partial charge in [-0.25, -0.2) is 4.79 Å². The molecule has 0 bridgehead atoms. The predicted octanol–water partition coefficient (Wildman–Crippen LogP) is 3.67. The second-order valence-corrected chi connectivity index (χ2v) is 5.64. The number of nitrogens with zero attached hydrogens (tertiary/aromatic N) is 1. The van der Waals surface area contributed by atoms with Crippen LogP contribution < -0.4 is 10.4 Å². The molecule has 0 saturated heterocycles. The van der Waals surface area contributed by atoms with Crippen molar-refractivity contribution < 1.29 is 9.15 Å². The van der Waals surface area contributed by atoms with Crippen LogP contribution in [-0.4, -0.2) is 31.1 Å². The first-order valence-electron chi connectivity index (χ1n) is 7.23. The summed E-state index contributed by atoms with van der Waals surface area (Å²) in [6.45, 7) is 8.02. The molecule has 21 heavy (non-hydrogen) atoms. The van der Waals surface area contributed by atoms with Gasteiger partial charge in [-0.3, -0.25) is 0 Å². The molecule has 2 rings (SSSR count). The second kappa shape index (κ2) is 7.61. The molecule has 0 amide bonds. The molecule has 0 aliphatic heterocycles. The maximum Gasteiger partial charge on any atom is 0.350 e. The molecule has 2 aromatic rings. The fraction of sp³-hybridized carbons (Fsp3) is 0.438. The van der Waals surface area contributed by atoms with Crippen LogP contribution in [0.15, 0.2) is 37.9 Å². The van der Waals surface area contributed by atoms with E-state index < -0.39 is 0 Å². The summed E-state index contributed by atoms with van der Waals surface area (Å²) in [5.41, 5.74) is 0.121. The van der Waals surface area contributed by atoms with Gasteiger partial charge in [-0.1, -0.05) is 26.0 Å². The fourth-order valence-electron chi connectivity index (χ4n) is 2.22. The van der Waals surface area contributed by atoms with Crippen molar-refractivity contribution in [3.8, 4) is 5.75 Å². The Morgan fingerprint density at radius 1 is 1.29 bits per heavy atom. The van der Waals surface area contributed by atoms with Crippen molar-refractivity contribution in [2.75, 3.05) is 26.2 Å². The summed E-state index contributed by atoms with van der Waals surface area (Å²) in [5.74, 6) is 0.622. The molecular weight excluding hydrogens is 334 g/mol. The lowest BCUT2D eigenvalue weighted by Gasteiger charge is -2.17. The lowest BCUT2D eigenvalue weighted by Crippen LogP contribution is -2.25. The van der Waals surface area contributed by atoms with Crippen LogP contribution in [0.4, 0.5) is 0 Å². The summed E-state index contributed by atoms with van der Waals surface area (Å²) in [6, 6.07) is 7.38. The zero-order valence-electron chi connectivity index (χ0n) is 12.4. The van der Waals surface area contributed by atoms with Gasteiger partial charge in [-0.05, 0) is 47.6 Å². The number of halogens is 1. The third-order valence-corrected chi connectivity index (χ3v) is 4.00. The highest BCUT2D eigenvalue weighted by molar-refractivity contribution is 9.10. The van der Waals surface area contributed by atoms with Crippen LogP contribution in [0.1, 0.15) is 20.3 Å². The zero-order chi connectivity index (χ0) is 15.2. The summed E-state index contributed by atoms with van der Waals surface area (Å²) >= 11 is 3.18. The molecule has 5 heteroatoms. The minimum atomic E-state index is -0.387. The standard InChI is InChI=1S/C16H20BrNO3/c1-3-18(4-2)9-6-10-20-14-8-5-7-12-11-13(17)16(19)21-15(12)14/h5,7-8,11H,3-4,6,9-10H2,1-2H3. The minimum Gasteiger partial charge on any atom is -0.490 e. The normalized spacial score (nSPS) is 11.2. The molecule has 0 aliphatic rings. The molecule has 4 nitrogen and oxygen atoms in total. The summed E-state index contributed by atoms with van der Waals surface area (Å²) in [4.78, 5) is 14.0. The van der Waals surface area contributed by atoms with Crippen LogP contribution in [-0.2, 0) is 0 Å². The summed E-state index contributed by atoms with van der Waals surface area (Å²) in [5, 5.41) is 0.850. The van der Waals surface area contributed by atoms with Crippen molar-refractivity contribution in [3.05, 3.63) is 39.2 Å². The number of para-hydroxylation sites is 1. The van der Waals surface area contributed by atoms with Gasteiger partial charge in [-0.2, -0.15) is 0 Å². The van der Waals surface area contributed by atoms with E-state index in [9.17, 15) is 4.79 Å². The van der Waals surface area contributed by atoms with Gasteiger partial charge in [0.15, 0.2) is 11.3 Å². The van der Waals surface area contributed by atoms with Crippen molar-refractivity contribution in [2.24, 2.45) is 0 Å². The van der Waals surface area contributed by atoms with Gasteiger partial charge in [0, 0.05) is 11.9 Å². The molecule has 0 aliphatic carbocycles. The van der Waals surface area contributed by atoms with Crippen LogP contribution >= 0.6 is 15.9 Å². The lowest BCUT2D eigenvalue weighted by molar-refractivity contribution is 0.249. The highest BCUT2D eigenvalue weighted by Gasteiger charge is 2.08.